The summed E-state index contributed by atoms with van der Waals surface area (Å²) in [4.78, 5) is 30.6. The number of thiophene rings is 1. The topological polar surface area (TPSA) is 77.3 Å². The van der Waals surface area contributed by atoms with E-state index in [1.165, 1.54) is 25.6 Å². The number of hydrogen-bond donors (Lipinski definition) is 0. The number of nitrogens with zero attached hydrogens (tertiary/aromatic N) is 6. The van der Waals surface area contributed by atoms with Crippen LogP contribution in [0.25, 0.3) is 132 Å². The summed E-state index contributed by atoms with van der Waals surface area (Å²) in [5, 5.41) is 6.98. The Morgan fingerprint density at radius 1 is 0.232 bits per heavy atom. The fourth-order valence-electron chi connectivity index (χ4n) is 9.33. The summed E-state index contributed by atoms with van der Waals surface area (Å²) in [5.74, 6) is 3.76. The van der Waals surface area contributed by atoms with Gasteiger partial charge in [0.2, 0.25) is 0 Å². The largest absolute Gasteiger partial charge is 0.208 e. The third-order valence-corrected chi connectivity index (χ3v) is 13.9. The average molecular weight is 899 g/mol. The van der Waals surface area contributed by atoms with Gasteiger partial charge in [-0.3, -0.25) is 0 Å². The Morgan fingerprint density at radius 3 is 1.42 bits per heavy atom. The normalized spacial score (nSPS) is 11.5. The van der Waals surface area contributed by atoms with Crippen molar-refractivity contribution >= 4 is 53.1 Å². The van der Waals surface area contributed by atoms with E-state index in [-0.39, 0.29) is 0 Å². The van der Waals surface area contributed by atoms with Gasteiger partial charge in [-0.1, -0.05) is 200 Å². The molecule has 3 heterocycles. The zero-order chi connectivity index (χ0) is 45.7. The smallest absolute Gasteiger partial charge is 0.164 e. The van der Waals surface area contributed by atoms with Crippen LogP contribution in [0, 0.1) is 0 Å². The van der Waals surface area contributed by atoms with Gasteiger partial charge in [-0.15, -0.1) is 11.3 Å². The van der Waals surface area contributed by atoms with Crippen molar-refractivity contribution in [2.45, 2.75) is 0 Å². The molecule has 0 saturated heterocycles. The van der Waals surface area contributed by atoms with Gasteiger partial charge in [0.05, 0.1) is 0 Å². The van der Waals surface area contributed by atoms with E-state index in [2.05, 4.69) is 170 Å². The van der Waals surface area contributed by atoms with E-state index in [0.717, 1.165) is 71.8 Å². The molecule has 7 heteroatoms. The molecule has 0 aliphatic carbocycles. The van der Waals surface area contributed by atoms with Crippen LogP contribution in [0.5, 0.6) is 0 Å². The minimum Gasteiger partial charge on any atom is -0.208 e. The Morgan fingerprint density at radius 2 is 0.710 bits per heavy atom. The van der Waals surface area contributed by atoms with Crippen molar-refractivity contribution < 1.29 is 0 Å². The second-order valence-corrected chi connectivity index (χ2v) is 18.2. The maximum atomic E-state index is 5.26. The van der Waals surface area contributed by atoms with Crippen molar-refractivity contribution in [2.75, 3.05) is 0 Å². The molecule has 0 amide bonds. The Balaban J connectivity index is 0.938. The molecule has 0 saturated carbocycles. The molecule has 0 N–H and O–H groups in total. The summed E-state index contributed by atoms with van der Waals surface area (Å²) in [6, 6.07) is 80.2. The molecule has 322 valence electrons. The summed E-state index contributed by atoms with van der Waals surface area (Å²) in [5.41, 5.74) is 10.0. The average Bonchev–Trinajstić information content (AvgIpc) is 3.81. The van der Waals surface area contributed by atoms with Crippen molar-refractivity contribution in [1.29, 1.82) is 0 Å². The maximum Gasteiger partial charge on any atom is 0.164 e. The number of fused-ring (bicyclic) bond motifs is 5. The van der Waals surface area contributed by atoms with Gasteiger partial charge < -0.3 is 0 Å². The fourth-order valence-corrected chi connectivity index (χ4v) is 10.5. The van der Waals surface area contributed by atoms with E-state index in [4.69, 9.17) is 29.9 Å². The monoisotopic (exact) mass is 898 g/mol. The third kappa shape index (κ3) is 7.57. The van der Waals surface area contributed by atoms with Crippen LogP contribution in [0.1, 0.15) is 0 Å². The second kappa shape index (κ2) is 17.0. The van der Waals surface area contributed by atoms with Crippen LogP contribution < -0.4 is 0 Å². The van der Waals surface area contributed by atoms with Crippen LogP contribution in [0.4, 0.5) is 0 Å². The second-order valence-electron chi connectivity index (χ2n) is 17.1. The van der Waals surface area contributed by atoms with Crippen LogP contribution in [-0.2, 0) is 0 Å². The first-order chi connectivity index (χ1) is 34.1. The Labute approximate surface area is 402 Å². The number of benzene rings is 10. The first-order valence-electron chi connectivity index (χ1n) is 22.9. The van der Waals surface area contributed by atoms with Crippen LogP contribution in [0.3, 0.4) is 0 Å². The standard InChI is InChI=1S/C62H38N6S/c1-3-17-42(18-4-1)57-63-58(43-19-5-2-6-20-43)65-59(64-57)44-32-29-40(30-33-44)49-37-53(56-52-26-11-12-28-54(52)69-55(56)38-49)46-23-13-24-47(36-46)60-66-61(48-34-31-39-15-7-8-21-45(39)35-48)68-62(67-60)51-27-14-22-41-16-9-10-25-50(41)51/h1-38H. The van der Waals surface area contributed by atoms with E-state index in [1.807, 2.05) is 72.0 Å². The zero-order valence-electron chi connectivity index (χ0n) is 37.0. The molecule has 3 aromatic heterocycles. The highest BCUT2D eigenvalue weighted by molar-refractivity contribution is 7.26. The fraction of sp³-hybridized carbons (Fsp3) is 0. The van der Waals surface area contributed by atoms with Gasteiger partial charge in [0.1, 0.15) is 0 Å². The van der Waals surface area contributed by atoms with Crippen LogP contribution >= 0.6 is 11.3 Å². The molecule has 6 nitrogen and oxygen atoms in total. The molecule has 0 aliphatic heterocycles. The lowest BCUT2D eigenvalue weighted by molar-refractivity contribution is 1.07. The van der Waals surface area contributed by atoms with Gasteiger partial charge >= 0.3 is 0 Å². The molecule has 10 aromatic carbocycles. The molecule has 0 aliphatic rings. The van der Waals surface area contributed by atoms with E-state index >= 15 is 0 Å². The summed E-state index contributed by atoms with van der Waals surface area (Å²) in [6.07, 6.45) is 0. The van der Waals surface area contributed by atoms with Gasteiger partial charge in [-0.2, -0.15) is 0 Å². The summed E-state index contributed by atoms with van der Waals surface area (Å²) < 4.78 is 2.46. The lowest BCUT2D eigenvalue weighted by atomic mass is 9.93. The van der Waals surface area contributed by atoms with Crippen LogP contribution in [0.15, 0.2) is 231 Å². The van der Waals surface area contributed by atoms with Crippen molar-refractivity contribution in [3.8, 4) is 90.6 Å². The minimum absolute atomic E-state index is 0.611. The molecule has 0 bridgehead atoms. The van der Waals surface area contributed by atoms with E-state index in [0.29, 0.717) is 34.9 Å². The highest BCUT2D eigenvalue weighted by Crippen LogP contribution is 2.44. The number of rotatable bonds is 8. The maximum absolute atomic E-state index is 5.26. The Bertz CT molecular complexity index is 4010. The van der Waals surface area contributed by atoms with E-state index in [9.17, 15) is 0 Å². The number of hydrogen-bond acceptors (Lipinski definition) is 7. The van der Waals surface area contributed by atoms with Crippen LogP contribution in [0.2, 0.25) is 0 Å². The van der Waals surface area contributed by atoms with Crippen LogP contribution in [-0.4, -0.2) is 29.9 Å². The van der Waals surface area contributed by atoms with Crippen molar-refractivity contribution in [3.63, 3.8) is 0 Å². The minimum atomic E-state index is 0.611. The molecule has 13 aromatic rings. The summed E-state index contributed by atoms with van der Waals surface area (Å²) in [6.45, 7) is 0. The zero-order valence-corrected chi connectivity index (χ0v) is 37.8. The van der Waals surface area contributed by atoms with Crippen molar-refractivity contribution in [3.05, 3.63) is 231 Å². The number of aromatic nitrogens is 6. The molecule has 0 unspecified atom stereocenters. The van der Waals surface area contributed by atoms with E-state index < -0.39 is 0 Å². The molecule has 0 radical (unpaired) electrons. The van der Waals surface area contributed by atoms with Gasteiger partial charge in [-0.05, 0) is 74.1 Å². The quantitative estimate of drug-likeness (QED) is 0.151. The molecular weight excluding hydrogens is 861 g/mol. The lowest BCUT2D eigenvalue weighted by Crippen LogP contribution is -2.00. The molecular formula is C62H38N6S. The molecule has 13 rings (SSSR count). The predicted molar refractivity (Wildman–Crippen MR) is 285 cm³/mol. The van der Waals surface area contributed by atoms with Crippen molar-refractivity contribution in [1.82, 2.24) is 29.9 Å². The highest BCUT2D eigenvalue weighted by atomic mass is 32.1. The first-order valence-corrected chi connectivity index (χ1v) is 23.7. The van der Waals surface area contributed by atoms with Gasteiger partial charge in [0.25, 0.3) is 0 Å². The molecule has 69 heavy (non-hydrogen) atoms. The Hall–Kier alpha value is -9.04. The predicted octanol–water partition coefficient (Wildman–Crippen LogP) is 16.1. The summed E-state index contributed by atoms with van der Waals surface area (Å²) in [7, 11) is 0. The Kier molecular flexibility index (Phi) is 9.91. The highest BCUT2D eigenvalue weighted by Gasteiger charge is 2.19. The van der Waals surface area contributed by atoms with Gasteiger partial charge in [-0.25, -0.2) is 29.9 Å². The SMILES string of the molecule is c1ccc(-c2nc(-c3ccccc3)nc(-c3ccc(-c4cc(-c5cccc(-c6nc(-c7ccc8ccccc8c7)nc(-c7cccc8ccccc78)n6)c5)c5c(c4)sc4ccccc45)cc3)n2)cc1. The molecule has 0 spiro atoms. The first kappa shape index (κ1) is 40.3. The summed E-state index contributed by atoms with van der Waals surface area (Å²) >= 11 is 1.82. The lowest BCUT2D eigenvalue weighted by Gasteiger charge is -2.13. The van der Waals surface area contributed by atoms with E-state index in [1.54, 1.807) is 0 Å². The van der Waals surface area contributed by atoms with Crippen molar-refractivity contribution in [2.24, 2.45) is 0 Å². The third-order valence-electron chi connectivity index (χ3n) is 12.8. The molecule has 0 fully saturated rings. The van der Waals surface area contributed by atoms with Gasteiger partial charge in [0, 0.05) is 53.6 Å². The molecule has 0 atom stereocenters. The van der Waals surface area contributed by atoms with Gasteiger partial charge in [0.15, 0.2) is 34.9 Å².